The van der Waals surface area contributed by atoms with E-state index in [1.807, 2.05) is 35.2 Å². The zero-order valence-electron chi connectivity index (χ0n) is 18.3. The molecule has 0 bridgehead atoms. The number of carbonyl (C=O) groups is 2. The van der Waals surface area contributed by atoms with Crippen LogP contribution in [0.3, 0.4) is 0 Å². The molecule has 4 aromatic heterocycles. The molecule has 1 saturated heterocycles. The number of carbonyl (C=O) groups excluding carboxylic acids is 2. The van der Waals surface area contributed by atoms with E-state index in [1.54, 1.807) is 29.5 Å². The molecule has 168 valence electrons. The number of nitrogens with one attached hydrogen (secondary N) is 1. The third kappa shape index (κ3) is 4.34. The molecule has 9 nitrogen and oxygen atoms in total. The van der Waals surface area contributed by atoms with Gasteiger partial charge in [-0.15, -0.1) is 0 Å². The maximum atomic E-state index is 13.6. The van der Waals surface area contributed by atoms with Gasteiger partial charge in [0.05, 0.1) is 29.1 Å². The molecule has 0 radical (unpaired) electrons. The average Bonchev–Trinajstić information content (AvgIpc) is 3.49. The Kier molecular flexibility index (Phi) is 5.60. The molecule has 1 aliphatic rings. The summed E-state index contributed by atoms with van der Waals surface area (Å²) in [7, 11) is 0. The summed E-state index contributed by atoms with van der Waals surface area (Å²) in [6.07, 6.45) is 8.20. The minimum atomic E-state index is -0.0636. The number of amides is 2. The second kappa shape index (κ2) is 8.85. The van der Waals surface area contributed by atoms with E-state index >= 15 is 0 Å². The van der Waals surface area contributed by atoms with Gasteiger partial charge in [0.15, 0.2) is 5.65 Å². The third-order valence-corrected chi connectivity index (χ3v) is 5.87. The number of hydrogen-bond donors (Lipinski definition) is 1. The molecule has 0 atom stereocenters. The van der Waals surface area contributed by atoms with Gasteiger partial charge in [-0.3, -0.25) is 14.6 Å². The van der Waals surface area contributed by atoms with Crippen LogP contribution < -0.4 is 5.32 Å². The Hall–Kier alpha value is -4.01. The van der Waals surface area contributed by atoms with Gasteiger partial charge in [-0.05, 0) is 43.2 Å². The Labute approximate surface area is 190 Å². The summed E-state index contributed by atoms with van der Waals surface area (Å²) in [5.74, 6) is 0.647. The highest BCUT2D eigenvalue weighted by molar-refractivity contribution is 6.06. The zero-order valence-corrected chi connectivity index (χ0v) is 18.3. The van der Waals surface area contributed by atoms with Gasteiger partial charge < -0.3 is 14.6 Å². The first-order valence-corrected chi connectivity index (χ1v) is 10.9. The van der Waals surface area contributed by atoms with Crippen molar-refractivity contribution in [3.05, 3.63) is 66.5 Å². The van der Waals surface area contributed by atoms with Crippen molar-refractivity contribution in [1.29, 1.82) is 0 Å². The number of furan rings is 1. The van der Waals surface area contributed by atoms with Crippen LogP contribution in [0.2, 0.25) is 0 Å². The van der Waals surface area contributed by atoms with Crippen LogP contribution in [0.1, 0.15) is 35.9 Å². The van der Waals surface area contributed by atoms with E-state index in [0.29, 0.717) is 41.9 Å². The van der Waals surface area contributed by atoms with Gasteiger partial charge in [0.1, 0.15) is 12.3 Å². The lowest BCUT2D eigenvalue weighted by atomic mass is 10.0. The standard InChI is InChI=1S/C24H24N6O3/c1-16(31)27-18-6-9-29(10-7-18)24(32)20-12-22(17-4-2-8-25-13-17)28-23-21(20)14-26-30(23)15-19-5-3-11-33-19/h2-5,8,11-14,18H,6-7,9-10,15H2,1H3,(H,27,31). The molecule has 1 aliphatic heterocycles. The van der Waals surface area contributed by atoms with Crippen molar-refractivity contribution in [2.24, 2.45) is 0 Å². The van der Waals surface area contributed by atoms with E-state index in [9.17, 15) is 9.59 Å². The van der Waals surface area contributed by atoms with E-state index in [4.69, 9.17) is 9.40 Å². The second-order valence-electron chi connectivity index (χ2n) is 8.18. The Bertz CT molecular complexity index is 1270. The molecule has 4 aromatic rings. The topological polar surface area (TPSA) is 106 Å². The van der Waals surface area contributed by atoms with Crippen LogP contribution >= 0.6 is 0 Å². The zero-order chi connectivity index (χ0) is 22.8. The van der Waals surface area contributed by atoms with Crippen molar-refractivity contribution in [2.45, 2.75) is 32.4 Å². The summed E-state index contributed by atoms with van der Waals surface area (Å²) in [5.41, 5.74) is 2.66. The molecule has 0 saturated carbocycles. The lowest BCUT2D eigenvalue weighted by Crippen LogP contribution is -2.46. The smallest absolute Gasteiger partial charge is 0.254 e. The largest absolute Gasteiger partial charge is 0.467 e. The van der Waals surface area contributed by atoms with E-state index in [-0.39, 0.29) is 17.9 Å². The molecular weight excluding hydrogens is 420 g/mol. The van der Waals surface area contributed by atoms with Gasteiger partial charge in [0.25, 0.3) is 5.91 Å². The van der Waals surface area contributed by atoms with E-state index < -0.39 is 0 Å². The minimum Gasteiger partial charge on any atom is -0.467 e. The number of hydrogen-bond acceptors (Lipinski definition) is 6. The summed E-state index contributed by atoms with van der Waals surface area (Å²) in [5, 5.41) is 8.15. The molecule has 0 spiro atoms. The quantitative estimate of drug-likeness (QED) is 0.507. The van der Waals surface area contributed by atoms with E-state index in [0.717, 1.165) is 24.2 Å². The Morgan fingerprint density at radius 2 is 2.03 bits per heavy atom. The van der Waals surface area contributed by atoms with Gasteiger partial charge in [-0.1, -0.05) is 0 Å². The van der Waals surface area contributed by atoms with E-state index in [2.05, 4.69) is 15.4 Å². The second-order valence-corrected chi connectivity index (χ2v) is 8.18. The molecule has 0 aliphatic carbocycles. The van der Waals surface area contributed by atoms with Crippen molar-refractivity contribution in [3.63, 3.8) is 0 Å². The fraction of sp³-hybridized carbons (Fsp3) is 0.292. The molecule has 1 N–H and O–H groups in total. The molecule has 9 heteroatoms. The number of piperidine rings is 1. The fourth-order valence-corrected chi connectivity index (χ4v) is 4.24. The van der Waals surface area contributed by atoms with Crippen LogP contribution in [0.4, 0.5) is 0 Å². The van der Waals surface area contributed by atoms with Gasteiger partial charge in [-0.25, -0.2) is 9.67 Å². The number of pyridine rings is 2. The first kappa shape index (κ1) is 20.9. The van der Waals surface area contributed by atoms with Gasteiger partial charge >= 0.3 is 0 Å². The summed E-state index contributed by atoms with van der Waals surface area (Å²) in [6.45, 7) is 3.09. The predicted octanol–water partition coefficient (Wildman–Crippen LogP) is 2.88. The maximum absolute atomic E-state index is 13.6. The maximum Gasteiger partial charge on any atom is 0.254 e. The Morgan fingerprint density at radius 1 is 1.18 bits per heavy atom. The predicted molar refractivity (Wildman–Crippen MR) is 121 cm³/mol. The molecule has 2 amide bonds. The summed E-state index contributed by atoms with van der Waals surface area (Å²) in [4.78, 5) is 35.8. The lowest BCUT2D eigenvalue weighted by Gasteiger charge is -2.32. The average molecular weight is 444 g/mol. The summed E-state index contributed by atoms with van der Waals surface area (Å²) in [6, 6.07) is 9.39. The minimum absolute atomic E-state index is 0.0410. The molecule has 5 heterocycles. The molecule has 33 heavy (non-hydrogen) atoms. The Balaban J connectivity index is 1.51. The van der Waals surface area contributed by atoms with E-state index in [1.165, 1.54) is 6.92 Å². The first-order chi connectivity index (χ1) is 16.1. The van der Waals surface area contributed by atoms with Crippen molar-refractivity contribution >= 4 is 22.8 Å². The van der Waals surface area contributed by atoms with Crippen LogP contribution in [-0.2, 0) is 11.3 Å². The van der Waals surface area contributed by atoms with Crippen molar-refractivity contribution in [2.75, 3.05) is 13.1 Å². The van der Waals surface area contributed by atoms with Gasteiger partial charge in [-0.2, -0.15) is 5.10 Å². The highest BCUT2D eigenvalue weighted by Gasteiger charge is 2.27. The number of rotatable bonds is 5. The molecule has 1 fully saturated rings. The van der Waals surface area contributed by atoms with Crippen LogP contribution in [0.25, 0.3) is 22.3 Å². The van der Waals surface area contributed by atoms with Crippen molar-refractivity contribution < 1.29 is 14.0 Å². The Morgan fingerprint density at radius 3 is 2.73 bits per heavy atom. The summed E-state index contributed by atoms with van der Waals surface area (Å²) >= 11 is 0. The van der Waals surface area contributed by atoms with Crippen LogP contribution in [-0.4, -0.2) is 55.6 Å². The SMILES string of the molecule is CC(=O)NC1CCN(C(=O)c2cc(-c3cccnc3)nc3c2cnn3Cc2ccco2)CC1. The number of nitrogens with zero attached hydrogens (tertiary/aromatic N) is 5. The normalized spacial score (nSPS) is 14.5. The molecular formula is C24H24N6O3. The molecule has 0 unspecified atom stereocenters. The highest BCUT2D eigenvalue weighted by Crippen LogP contribution is 2.27. The number of likely N-dealkylation sites (tertiary alicyclic amines) is 1. The first-order valence-electron chi connectivity index (χ1n) is 10.9. The number of fused-ring (bicyclic) bond motifs is 1. The highest BCUT2D eigenvalue weighted by atomic mass is 16.3. The van der Waals surface area contributed by atoms with Crippen LogP contribution in [0.15, 0.2) is 59.6 Å². The summed E-state index contributed by atoms with van der Waals surface area (Å²) < 4.78 is 7.22. The van der Waals surface area contributed by atoms with Crippen molar-refractivity contribution in [3.8, 4) is 11.3 Å². The number of aromatic nitrogens is 4. The lowest BCUT2D eigenvalue weighted by molar-refractivity contribution is -0.119. The molecule has 0 aromatic carbocycles. The monoisotopic (exact) mass is 444 g/mol. The van der Waals surface area contributed by atoms with Gasteiger partial charge in [0.2, 0.25) is 5.91 Å². The molecule has 5 rings (SSSR count). The van der Waals surface area contributed by atoms with Gasteiger partial charge in [0, 0.05) is 44.0 Å². The third-order valence-electron chi connectivity index (χ3n) is 5.87. The fourth-order valence-electron chi connectivity index (χ4n) is 4.24. The van der Waals surface area contributed by atoms with Crippen LogP contribution in [0, 0.1) is 0 Å². The van der Waals surface area contributed by atoms with Crippen LogP contribution in [0.5, 0.6) is 0 Å². The van der Waals surface area contributed by atoms with Crippen molar-refractivity contribution in [1.82, 2.24) is 30.0 Å².